The van der Waals surface area contributed by atoms with Crippen molar-refractivity contribution in [2.45, 2.75) is 24.1 Å². The maximum Gasteiger partial charge on any atom is 0.304 e. The summed E-state index contributed by atoms with van der Waals surface area (Å²) in [7, 11) is 0. The summed E-state index contributed by atoms with van der Waals surface area (Å²) in [6.45, 7) is 1.78. The van der Waals surface area contributed by atoms with E-state index in [1.807, 2.05) is 0 Å². The van der Waals surface area contributed by atoms with Crippen LogP contribution in [0.5, 0.6) is 0 Å². The van der Waals surface area contributed by atoms with Crippen LogP contribution in [-0.4, -0.2) is 15.4 Å². The molecule has 0 aromatic rings. The average molecular weight is 183 g/mol. The highest BCUT2D eigenvalue weighted by molar-refractivity contribution is 6.51. The molecular weight excluding hydrogens is 175 g/mol. The number of carbonyl (C=O) groups is 1. The predicted molar refractivity (Wildman–Crippen MR) is 39.4 cm³/mol. The molecule has 0 heterocycles. The molecule has 1 saturated carbocycles. The van der Waals surface area contributed by atoms with Gasteiger partial charge in [0.15, 0.2) is 0 Å². The molecule has 10 heavy (non-hydrogen) atoms. The van der Waals surface area contributed by atoms with E-state index >= 15 is 0 Å². The van der Waals surface area contributed by atoms with E-state index in [9.17, 15) is 4.79 Å². The van der Waals surface area contributed by atoms with Gasteiger partial charge < -0.3 is 5.11 Å². The Balaban J connectivity index is 2.52. The van der Waals surface area contributed by atoms with Crippen molar-refractivity contribution in [1.82, 2.24) is 0 Å². The molecule has 1 aliphatic rings. The molecule has 0 saturated heterocycles. The lowest BCUT2D eigenvalue weighted by molar-refractivity contribution is -0.138. The highest BCUT2D eigenvalue weighted by Crippen LogP contribution is 2.65. The van der Waals surface area contributed by atoms with Crippen LogP contribution in [0.4, 0.5) is 0 Å². The van der Waals surface area contributed by atoms with Crippen molar-refractivity contribution < 1.29 is 9.90 Å². The van der Waals surface area contributed by atoms with Crippen LogP contribution in [0.1, 0.15) is 19.8 Å². The average Bonchev–Trinajstić information content (AvgIpc) is 2.01. The number of rotatable bonds is 2. The topological polar surface area (TPSA) is 37.3 Å². The Morgan fingerprint density at radius 3 is 2.20 bits per heavy atom. The van der Waals surface area contributed by atoms with Crippen molar-refractivity contribution in [1.29, 1.82) is 0 Å². The fraction of sp³-hybridized carbons (Fsp3) is 0.833. The van der Waals surface area contributed by atoms with Crippen molar-refractivity contribution in [3.05, 3.63) is 0 Å². The van der Waals surface area contributed by atoms with E-state index in [-0.39, 0.29) is 6.42 Å². The zero-order valence-corrected chi connectivity index (χ0v) is 7.04. The second-order valence-electron chi connectivity index (χ2n) is 3.01. The van der Waals surface area contributed by atoms with Gasteiger partial charge in [0, 0.05) is 5.41 Å². The lowest BCUT2D eigenvalue weighted by Gasteiger charge is -2.06. The molecule has 0 aliphatic heterocycles. The molecule has 2 nitrogen and oxygen atoms in total. The van der Waals surface area contributed by atoms with Crippen molar-refractivity contribution in [3.8, 4) is 0 Å². The Bertz CT molecular complexity index is 179. The largest absolute Gasteiger partial charge is 0.481 e. The van der Waals surface area contributed by atoms with Gasteiger partial charge in [0.05, 0.1) is 6.42 Å². The van der Waals surface area contributed by atoms with E-state index in [0.29, 0.717) is 6.42 Å². The third-order valence-electron chi connectivity index (χ3n) is 1.91. The fourth-order valence-electron chi connectivity index (χ4n) is 0.971. The molecule has 0 amide bonds. The molecule has 0 radical (unpaired) electrons. The summed E-state index contributed by atoms with van der Waals surface area (Å²) >= 11 is 11.4. The van der Waals surface area contributed by atoms with Crippen LogP contribution >= 0.6 is 23.2 Å². The molecule has 0 spiro atoms. The van der Waals surface area contributed by atoms with E-state index < -0.39 is 15.7 Å². The lowest BCUT2D eigenvalue weighted by Crippen LogP contribution is -2.10. The van der Waals surface area contributed by atoms with E-state index in [2.05, 4.69) is 0 Å². The molecular formula is C6H8Cl2O2. The molecule has 1 N–H and O–H groups in total. The van der Waals surface area contributed by atoms with Gasteiger partial charge in [-0.15, -0.1) is 23.2 Å². The van der Waals surface area contributed by atoms with Gasteiger partial charge in [-0.1, -0.05) is 6.92 Å². The zero-order chi connectivity index (χ0) is 7.99. The van der Waals surface area contributed by atoms with Crippen LogP contribution in [0.25, 0.3) is 0 Å². The molecule has 0 aromatic heterocycles. The Kier molecular flexibility index (Phi) is 1.64. The molecule has 0 unspecified atom stereocenters. The Hall–Kier alpha value is 0.0500. The van der Waals surface area contributed by atoms with E-state index in [4.69, 9.17) is 28.3 Å². The normalized spacial score (nSPS) is 35.5. The highest BCUT2D eigenvalue weighted by Gasteiger charge is 2.63. The quantitative estimate of drug-likeness (QED) is 0.665. The molecule has 1 rings (SSSR count). The van der Waals surface area contributed by atoms with Gasteiger partial charge in [0.2, 0.25) is 0 Å². The maximum atomic E-state index is 10.2. The Labute approximate surface area is 69.1 Å². The first-order chi connectivity index (χ1) is 4.37. The molecule has 58 valence electrons. The second-order valence-corrected chi connectivity index (χ2v) is 4.50. The van der Waals surface area contributed by atoms with Crippen LogP contribution < -0.4 is 0 Å². The van der Waals surface area contributed by atoms with Crippen LogP contribution in [0.15, 0.2) is 0 Å². The summed E-state index contributed by atoms with van der Waals surface area (Å²) in [5.41, 5.74) is -0.401. The fourth-order valence-corrected chi connectivity index (χ4v) is 1.69. The minimum absolute atomic E-state index is 0.0556. The van der Waals surface area contributed by atoms with Gasteiger partial charge in [0.25, 0.3) is 0 Å². The lowest BCUT2D eigenvalue weighted by atomic mass is 10.1. The first-order valence-electron chi connectivity index (χ1n) is 2.97. The molecule has 0 aromatic carbocycles. The van der Waals surface area contributed by atoms with Crippen molar-refractivity contribution in [3.63, 3.8) is 0 Å². The zero-order valence-electron chi connectivity index (χ0n) is 5.53. The van der Waals surface area contributed by atoms with Crippen LogP contribution in [0.3, 0.4) is 0 Å². The van der Waals surface area contributed by atoms with Gasteiger partial charge in [-0.3, -0.25) is 4.79 Å². The molecule has 1 aliphatic carbocycles. The minimum atomic E-state index is -0.842. The van der Waals surface area contributed by atoms with Gasteiger partial charge in [-0.2, -0.15) is 0 Å². The summed E-state index contributed by atoms with van der Waals surface area (Å²) in [6, 6.07) is 0. The molecule has 0 bridgehead atoms. The van der Waals surface area contributed by atoms with E-state index in [1.54, 1.807) is 6.92 Å². The molecule has 4 heteroatoms. The SMILES string of the molecule is C[C@@]1(CC(=O)O)CC1(Cl)Cl. The number of hydrogen-bond donors (Lipinski definition) is 1. The van der Waals surface area contributed by atoms with Gasteiger partial charge in [0.1, 0.15) is 4.33 Å². The highest BCUT2D eigenvalue weighted by atomic mass is 35.5. The predicted octanol–water partition coefficient (Wildman–Crippen LogP) is 2.04. The molecule has 1 fully saturated rings. The van der Waals surface area contributed by atoms with Crippen LogP contribution in [0, 0.1) is 5.41 Å². The van der Waals surface area contributed by atoms with Crippen molar-refractivity contribution >= 4 is 29.2 Å². The maximum absolute atomic E-state index is 10.2. The van der Waals surface area contributed by atoms with Gasteiger partial charge >= 0.3 is 5.97 Å². The van der Waals surface area contributed by atoms with Crippen LogP contribution in [0.2, 0.25) is 0 Å². The van der Waals surface area contributed by atoms with E-state index in [0.717, 1.165) is 0 Å². The Morgan fingerprint density at radius 2 is 2.10 bits per heavy atom. The summed E-state index contributed by atoms with van der Waals surface area (Å²) in [4.78, 5) is 10.2. The smallest absolute Gasteiger partial charge is 0.304 e. The molecule has 1 atom stereocenters. The first-order valence-corrected chi connectivity index (χ1v) is 3.73. The van der Waals surface area contributed by atoms with Gasteiger partial charge in [-0.25, -0.2) is 0 Å². The monoisotopic (exact) mass is 182 g/mol. The number of alkyl halides is 2. The van der Waals surface area contributed by atoms with Crippen molar-refractivity contribution in [2.24, 2.45) is 5.41 Å². The minimum Gasteiger partial charge on any atom is -0.481 e. The number of carboxylic acid groups (broad SMARTS) is 1. The van der Waals surface area contributed by atoms with Gasteiger partial charge in [-0.05, 0) is 6.42 Å². The van der Waals surface area contributed by atoms with Crippen molar-refractivity contribution in [2.75, 3.05) is 0 Å². The summed E-state index contributed by atoms with van der Waals surface area (Å²) in [6.07, 6.45) is 0.634. The number of halogens is 2. The third-order valence-corrected chi connectivity index (χ3v) is 3.09. The summed E-state index contributed by atoms with van der Waals surface area (Å²) in [5.74, 6) is -0.842. The Morgan fingerprint density at radius 1 is 1.70 bits per heavy atom. The van der Waals surface area contributed by atoms with E-state index in [1.165, 1.54) is 0 Å². The third kappa shape index (κ3) is 1.23. The van der Waals surface area contributed by atoms with Crippen LogP contribution in [-0.2, 0) is 4.79 Å². The number of aliphatic carboxylic acids is 1. The summed E-state index contributed by atoms with van der Waals surface area (Å²) < 4.78 is -0.800. The first kappa shape index (κ1) is 8.15. The second kappa shape index (κ2) is 2.02. The number of hydrogen-bond acceptors (Lipinski definition) is 1. The number of carboxylic acids is 1. The summed E-state index contributed by atoms with van der Waals surface area (Å²) in [5, 5.41) is 8.40. The standard InChI is InChI=1S/C6H8Cl2O2/c1-5(2-4(9)10)3-6(5,7)8/h2-3H2,1H3,(H,9,10)/t5-/m1/s1.